The molecule has 0 unspecified atom stereocenters. The molecular weight excluding hydrogens is 208 g/mol. The van der Waals surface area contributed by atoms with Gasteiger partial charge in [-0.05, 0) is 12.5 Å². The van der Waals surface area contributed by atoms with Crippen molar-refractivity contribution in [1.82, 2.24) is 0 Å². The van der Waals surface area contributed by atoms with Crippen LogP contribution in [0.1, 0.15) is 25.3 Å². The van der Waals surface area contributed by atoms with Gasteiger partial charge < -0.3 is 17.1 Å². The van der Waals surface area contributed by atoms with E-state index in [0.29, 0.717) is 0 Å². The summed E-state index contributed by atoms with van der Waals surface area (Å²) in [4.78, 5) is 0. The minimum atomic E-state index is 0. The van der Waals surface area contributed by atoms with Gasteiger partial charge in [-0.2, -0.15) is 18.6 Å². The van der Waals surface area contributed by atoms with Gasteiger partial charge in [0.05, 0.1) is 12.4 Å². The molecule has 0 saturated heterocycles. The molecule has 0 bridgehead atoms. The average Bonchev–Trinajstić information content (AvgIpc) is 2.05. The fourth-order valence-corrected chi connectivity index (χ4v) is 0.970. The van der Waals surface area contributed by atoms with Gasteiger partial charge in [0.2, 0.25) is 0 Å². The summed E-state index contributed by atoms with van der Waals surface area (Å²) in [5, 5.41) is 0. The Bertz CT molecular complexity index is 240. The monoisotopic (exact) mass is 222 g/mol. The first-order valence-electron chi connectivity index (χ1n) is 4.37. The maximum Gasteiger partial charge on any atom is 2.00 e. The van der Waals surface area contributed by atoms with Gasteiger partial charge in [0.15, 0.2) is 0 Å². The summed E-state index contributed by atoms with van der Waals surface area (Å²) in [5.41, 5.74) is 1.00. The Hall–Kier alpha value is -0.0538. The molecule has 0 N–H and O–H groups in total. The maximum absolute atomic E-state index is 5.49. The standard InChI is InChI=1S/C11H15O.ClH.Mg/c1-3-4-8-12-11-7-5-6-10(2)9-11;;/h5-7,9H,2-4,8H2,1H3;1H;/q-1;;+2/p-1. The number of hydrogen-bond acceptors (Lipinski definition) is 1. The van der Waals surface area contributed by atoms with Crippen LogP contribution in [0.15, 0.2) is 24.3 Å². The van der Waals surface area contributed by atoms with E-state index >= 15 is 0 Å². The predicted octanol–water partition coefficient (Wildman–Crippen LogP) is -0.329. The van der Waals surface area contributed by atoms with Crippen LogP contribution in [0.5, 0.6) is 5.75 Å². The Kier molecular flexibility index (Phi) is 11.1. The van der Waals surface area contributed by atoms with Crippen LogP contribution in [0.3, 0.4) is 0 Å². The number of rotatable bonds is 4. The molecule has 0 atom stereocenters. The molecule has 0 radical (unpaired) electrons. The first kappa shape index (κ1) is 16.4. The minimum absolute atomic E-state index is 0. The van der Waals surface area contributed by atoms with Crippen LogP contribution < -0.4 is 17.1 Å². The average molecular weight is 223 g/mol. The Balaban J connectivity index is 0. The van der Waals surface area contributed by atoms with Crippen molar-refractivity contribution < 1.29 is 17.1 Å². The van der Waals surface area contributed by atoms with E-state index in [-0.39, 0.29) is 35.5 Å². The first-order valence-corrected chi connectivity index (χ1v) is 4.37. The molecule has 3 heteroatoms. The van der Waals surface area contributed by atoms with E-state index in [1.807, 2.05) is 24.3 Å². The van der Waals surface area contributed by atoms with Crippen LogP contribution in [0.4, 0.5) is 0 Å². The van der Waals surface area contributed by atoms with Crippen LogP contribution in [-0.4, -0.2) is 29.7 Å². The fourth-order valence-electron chi connectivity index (χ4n) is 0.970. The van der Waals surface area contributed by atoms with E-state index in [4.69, 9.17) is 4.74 Å². The SMILES string of the molecule is [CH2-]c1cccc(OCCCC)c1.[Cl-].[Mg+2]. The van der Waals surface area contributed by atoms with Crippen LogP contribution in [0.25, 0.3) is 0 Å². The summed E-state index contributed by atoms with van der Waals surface area (Å²) >= 11 is 0. The third-order valence-electron chi connectivity index (χ3n) is 1.67. The molecular formula is C11H15ClMgO. The Morgan fingerprint density at radius 3 is 2.64 bits per heavy atom. The van der Waals surface area contributed by atoms with Crippen molar-refractivity contribution in [3.63, 3.8) is 0 Å². The van der Waals surface area contributed by atoms with Crippen molar-refractivity contribution >= 4 is 23.1 Å². The van der Waals surface area contributed by atoms with E-state index in [0.717, 1.165) is 24.3 Å². The second-order valence-electron chi connectivity index (χ2n) is 2.85. The summed E-state index contributed by atoms with van der Waals surface area (Å²) in [6.45, 7) is 6.79. The molecule has 1 nitrogen and oxygen atoms in total. The molecule has 0 saturated carbocycles. The third-order valence-corrected chi connectivity index (χ3v) is 1.67. The molecule has 1 rings (SSSR count). The van der Waals surface area contributed by atoms with E-state index in [1.54, 1.807) is 0 Å². The zero-order valence-electron chi connectivity index (χ0n) is 8.63. The van der Waals surface area contributed by atoms with Crippen molar-refractivity contribution in [3.8, 4) is 5.75 Å². The van der Waals surface area contributed by atoms with Crippen LogP contribution in [-0.2, 0) is 0 Å². The largest absolute Gasteiger partial charge is 2.00 e. The Morgan fingerprint density at radius 2 is 2.07 bits per heavy atom. The zero-order valence-corrected chi connectivity index (χ0v) is 10.8. The van der Waals surface area contributed by atoms with Gasteiger partial charge in [0, 0.05) is 0 Å². The number of hydrogen-bond donors (Lipinski definition) is 0. The summed E-state index contributed by atoms with van der Waals surface area (Å²) < 4.78 is 5.49. The fraction of sp³-hybridized carbons (Fsp3) is 0.364. The second-order valence-corrected chi connectivity index (χ2v) is 2.85. The van der Waals surface area contributed by atoms with E-state index in [1.165, 1.54) is 6.42 Å². The number of ether oxygens (including phenoxy) is 1. The van der Waals surface area contributed by atoms with E-state index in [2.05, 4.69) is 13.8 Å². The van der Waals surface area contributed by atoms with Crippen molar-refractivity contribution in [2.75, 3.05) is 6.61 Å². The maximum atomic E-state index is 5.49. The van der Waals surface area contributed by atoms with Gasteiger partial charge in [-0.15, -0.1) is 12.1 Å². The van der Waals surface area contributed by atoms with Crippen molar-refractivity contribution in [2.24, 2.45) is 0 Å². The van der Waals surface area contributed by atoms with Gasteiger partial charge in [-0.3, -0.25) is 0 Å². The van der Waals surface area contributed by atoms with Crippen LogP contribution >= 0.6 is 0 Å². The molecule has 0 amide bonds. The van der Waals surface area contributed by atoms with Gasteiger partial charge in [-0.1, -0.05) is 13.3 Å². The molecule has 0 spiro atoms. The summed E-state index contributed by atoms with van der Waals surface area (Å²) in [6.07, 6.45) is 2.28. The molecule has 1 aromatic carbocycles. The Labute approximate surface area is 109 Å². The minimum Gasteiger partial charge on any atom is -1.00 e. The van der Waals surface area contributed by atoms with Gasteiger partial charge in [-0.25, -0.2) is 0 Å². The Morgan fingerprint density at radius 1 is 1.36 bits per heavy atom. The number of halogens is 1. The normalized spacial score (nSPS) is 8.36. The molecule has 0 heterocycles. The van der Waals surface area contributed by atoms with Crippen LogP contribution in [0.2, 0.25) is 0 Å². The van der Waals surface area contributed by atoms with Crippen molar-refractivity contribution in [3.05, 3.63) is 36.8 Å². The molecule has 1 aromatic rings. The quantitative estimate of drug-likeness (QED) is 0.386. The third kappa shape index (κ3) is 6.41. The second kappa shape index (κ2) is 9.50. The van der Waals surface area contributed by atoms with E-state index < -0.39 is 0 Å². The molecule has 74 valence electrons. The first-order chi connectivity index (χ1) is 5.83. The molecule has 0 fully saturated rings. The molecule has 0 aliphatic carbocycles. The molecule has 14 heavy (non-hydrogen) atoms. The molecule has 0 aliphatic rings. The van der Waals surface area contributed by atoms with Crippen LogP contribution in [0, 0.1) is 6.92 Å². The number of unbranched alkanes of at least 4 members (excludes halogenated alkanes) is 1. The smallest absolute Gasteiger partial charge is 1.00 e. The van der Waals surface area contributed by atoms with E-state index in [9.17, 15) is 0 Å². The summed E-state index contributed by atoms with van der Waals surface area (Å²) in [5.74, 6) is 0.927. The van der Waals surface area contributed by atoms with Gasteiger partial charge >= 0.3 is 23.1 Å². The summed E-state index contributed by atoms with van der Waals surface area (Å²) in [6, 6.07) is 7.84. The number of benzene rings is 1. The molecule has 0 aliphatic heterocycles. The summed E-state index contributed by atoms with van der Waals surface area (Å²) in [7, 11) is 0. The van der Waals surface area contributed by atoms with Crippen molar-refractivity contribution in [2.45, 2.75) is 19.8 Å². The topological polar surface area (TPSA) is 9.23 Å². The zero-order chi connectivity index (χ0) is 8.81. The predicted molar refractivity (Wildman–Crippen MR) is 57.1 cm³/mol. The molecule has 0 aromatic heterocycles. The van der Waals surface area contributed by atoms with Gasteiger partial charge in [0.1, 0.15) is 0 Å². The van der Waals surface area contributed by atoms with Crippen molar-refractivity contribution in [1.29, 1.82) is 0 Å². The van der Waals surface area contributed by atoms with Gasteiger partial charge in [0.25, 0.3) is 0 Å².